The molecule has 0 atom stereocenters. The van der Waals surface area contributed by atoms with Crippen LogP contribution in [-0.4, -0.2) is 19.7 Å². The van der Waals surface area contributed by atoms with Crippen molar-refractivity contribution in [3.05, 3.63) is 33.9 Å². The average Bonchev–Trinajstić information content (AvgIpc) is 2.64. The van der Waals surface area contributed by atoms with E-state index in [9.17, 15) is 0 Å². The molecule has 0 unspecified atom stereocenters. The Bertz CT molecular complexity index is 483. The summed E-state index contributed by atoms with van der Waals surface area (Å²) in [4.78, 5) is 8.55. The summed E-state index contributed by atoms with van der Waals surface area (Å²) in [7, 11) is 0. The number of nitrogens with zero attached hydrogens (tertiary/aromatic N) is 4. The Hall–Kier alpha value is -0.940. The van der Waals surface area contributed by atoms with Crippen LogP contribution in [0.2, 0.25) is 5.02 Å². The topological polar surface area (TPSA) is 43.6 Å². The maximum atomic E-state index is 5.79. The van der Waals surface area contributed by atoms with Crippen molar-refractivity contribution in [2.45, 2.75) is 13.3 Å². The molecule has 0 spiro atoms. The van der Waals surface area contributed by atoms with Gasteiger partial charge in [-0.2, -0.15) is 5.10 Å². The van der Waals surface area contributed by atoms with Crippen LogP contribution in [-0.2, 0) is 6.42 Å². The van der Waals surface area contributed by atoms with Gasteiger partial charge in [0.1, 0.15) is 10.4 Å². The molecule has 0 aliphatic carbocycles. The van der Waals surface area contributed by atoms with Crippen molar-refractivity contribution in [2.75, 3.05) is 0 Å². The maximum Gasteiger partial charge on any atom is 0.158 e. The second kappa shape index (κ2) is 4.28. The van der Waals surface area contributed by atoms with Crippen molar-refractivity contribution in [1.29, 1.82) is 0 Å². The van der Waals surface area contributed by atoms with Crippen molar-refractivity contribution < 1.29 is 0 Å². The zero-order chi connectivity index (χ0) is 10.8. The van der Waals surface area contributed by atoms with Crippen LogP contribution in [0.15, 0.2) is 23.1 Å². The summed E-state index contributed by atoms with van der Waals surface area (Å²) in [5, 5.41) is 4.66. The molecular formula is C9H8BrClN4. The van der Waals surface area contributed by atoms with E-state index >= 15 is 0 Å². The summed E-state index contributed by atoms with van der Waals surface area (Å²) >= 11 is 9.12. The van der Waals surface area contributed by atoms with E-state index in [1.165, 1.54) is 0 Å². The standard InChI is InChI=1S/C9H8BrClN4/c1-2-8-13-7(10)3-9(14-8)15-5-6(11)4-12-15/h3-5H,2H2,1H3. The second-order valence-electron chi connectivity index (χ2n) is 2.92. The first-order chi connectivity index (χ1) is 7.19. The van der Waals surface area contributed by atoms with Gasteiger partial charge >= 0.3 is 0 Å². The smallest absolute Gasteiger partial charge is 0.158 e. The van der Waals surface area contributed by atoms with Crippen LogP contribution >= 0.6 is 27.5 Å². The quantitative estimate of drug-likeness (QED) is 0.798. The molecule has 0 saturated heterocycles. The number of rotatable bonds is 2. The lowest BCUT2D eigenvalue weighted by atomic mass is 10.4. The first-order valence-corrected chi connectivity index (χ1v) is 5.60. The molecule has 0 aliphatic rings. The van der Waals surface area contributed by atoms with Gasteiger partial charge in [0.2, 0.25) is 0 Å². The van der Waals surface area contributed by atoms with E-state index in [0.29, 0.717) is 10.8 Å². The Balaban J connectivity index is 2.48. The zero-order valence-electron chi connectivity index (χ0n) is 7.98. The van der Waals surface area contributed by atoms with Crippen LogP contribution in [0, 0.1) is 0 Å². The molecule has 2 rings (SSSR count). The highest BCUT2D eigenvalue weighted by Crippen LogP contribution is 2.14. The van der Waals surface area contributed by atoms with Gasteiger partial charge in [0, 0.05) is 12.5 Å². The van der Waals surface area contributed by atoms with Gasteiger partial charge < -0.3 is 0 Å². The molecule has 4 nitrogen and oxygen atoms in total. The molecule has 0 aromatic carbocycles. The predicted octanol–water partition coefficient (Wildman–Crippen LogP) is 2.64. The highest BCUT2D eigenvalue weighted by molar-refractivity contribution is 9.10. The minimum atomic E-state index is 0.586. The Labute approximate surface area is 100 Å². The minimum Gasteiger partial charge on any atom is -0.226 e. The zero-order valence-corrected chi connectivity index (χ0v) is 10.3. The molecule has 2 aromatic heterocycles. The van der Waals surface area contributed by atoms with Crippen molar-refractivity contribution in [2.24, 2.45) is 0 Å². The number of aryl methyl sites for hydroxylation is 1. The van der Waals surface area contributed by atoms with E-state index in [-0.39, 0.29) is 0 Å². The molecule has 0 amide bonds. The lowest BCUT2D eigenvalue weighted by Gasteiger charge is -2.02. The number of hydrogen-bond donors (Lipinski definition) is 0. The van der Waals surface area contributed by atoms with E-state index in [1.807, 2.05) is 6.92 Å². The van der Waals surface area contributed by atoms with Gasteiger partial charge in [-0.1, -0.05) is 18.5 Å². The Morgan fingerprint density at radius 1 is 1.47 bits per heavy atom. The van der Waals surface area contributed by atoms with E-state index in [1.54, 1.807) is 23.1 Å². The van der Waals surface area contributed by atoms with Crippen molar-refractivity contribution in [3.8, 4) is 5.82 Å². The molecule has 0 aliphatic heterocycles. The van der Waals surface area contributed by atoms with Gasteiger partial charge in [-0.25, -0.2) is 14.6 Å². The fraction of sp³-hybridized carbons (Fsp3) is 0.222. The molecule has 78 valence electrons. The number of halogens is 2. The van der Waals surface area contributed by atoms with Crippen LogP contribution in [0.4, 0.5) is 0 Å². The summed E-state index contributed by atoms with van der Waals surface area (Å²) in [5.41, 5.74) is 0. The van der Waals surface area contributed by atoms with Crippen molar-refractivity contribution >= 4 is 27.5 Å². The Morgan fingerprint density at radius 2 is 2.27 bits per heavy atom. The summed E-state index contributed by atoms with van der Waals surface area (Å²) in [6.07, 6.45) is 4.06. The molecule has 6 heteroatoms. The third-order valence-electron chi connectivity index (χ3n) is 1.83. The van der Waals surface area contributed by atoms with Gasteiger partial charge in [0.15, 0.2) is 5.82 Å². The van der Waals surface area contributed by atoms with Crippen LogP contribution in [0.5, 0.6) is 0 Å². The van der Waals surface area contributed by atoms with E-state index in [0.717, 1.165) is 16.8 Å². The number of hydrogen-bond acceptors (Lipinski definition) is 3. The van der Waals surface area contributed by atoms with Gasteiger partial charge in [-0.3, -0.25) is 0 Å². The fourth-order valence-corrected chi connectivity index (χ4v) is 1.70. The summed E-state index contributed by atoms with van der Waals surface area (Å²) in [6.45, 7) is 2.00. The Kier molecular flexibility index (Phi) is 3.02. The van der Waals surface area contributed by atoms with Crippen LogP contribution < -0.4 is 0 Å². The van der Waals surface area contributed by atoms with Crippen molar-refractivity contribution in [1.82, 2.24) is 19.7 Å². The second-order valence-corrected chi connectivity index (χ2v) is 4.17. The van der Waals surface area contributed by atoms with Gasteiger partial charge in [-0.05, 0) is 15.9 Å². The SMILES string of the molecule is CCc1nc(Br)cc(-n2cc(Cl)cn2)n1. The van der Waals surface area contributed by atoms with E-state index < -0.39 is 0 Å². The fourth-order valence-electron chi connectivity index (χ4n) is 1.15. The summed E-state index contributed by atoms with van der Waals surface area (Å²) < 4.78 is 2.37. The van der Waals surface area contributed by atoms with Crippen LogP contribution in [0.3, 0.4) is 0 Å². The third-order valence-corrected chi connectivity index (χ3v) is 2.43. The molecule has 0 fully saturated rings. The molecule has 15 heavy (non-hydrogen) atoms. The molecule has 0 saturated carbocycles. The van der Waals surface area contributed by atoms with Gasteiger partial charge in [0.25, 0.3) is 0 Å². The first kappa shape index (κ1) is 10.6. The molecular weight excluding hydrogens is 279 g/mol. The lowest BCUT2D eigenvalue weighted by molar-refractivity contribution is 0.808. The minimum absolute atomic E-state index is 0.586. The maximum absolute atomic E-state index is 5.79. The van der Waals surface area contributed by atoms with Crippen LogP contribution in [0.25, 0.3) is 5.82 Å². The lowest BCUT2D eigenvalue weighted by Crippen LogP contribution is -2.02. The van der Waals surface area contributed by atoms with Gasteiger partial charge in [0.05, 0.1) is 17.4 Å². The summed E-state index contributed by atoms with van der Waals surface area (Å²) in [5.74, 6) is 1.48. The van der Waals surface area contributed by atoms with E-state index in [4.69, 9.17) is 11.6 Å². The molecule has 0 N–H and O–H groups in total. The van der Waals surface area contributed by atoms with Crippen molar-refractivity contribution in [3.63, 3.8) is 0 Å². The monoisotopic (exact) mass is 286 g/mol. The Morgan fingerprint density at radius 3 is 2.87 bits per heavy atom. The largest absolute Gasteiger partial charge is 0.226 e. The van der Waals surface area contributed by atoms with E-state index in [2.05, 4.69) is 31.0 Å². The molecule has 2 heterocycles. The normalized spacial score (nSPS) is 10.6. The molecule has 0 bridgehead atoms. The highest BCUT2D eigenvalue weighted by atomic mass is 79.9. The molecule has 0 radical (unpaired) electrons. The van der Waals surface area contributed by atoms with Gasteiger partial charge in [-0.15, -0.1) is 0 Å². The first-order valence-electron chi connectivity index (χ1n) is 4.43. The van der Waals surface area contributed by atoms with Crippen LogP contribution in [0.1, 0.15) is 12.7 Å². The number of aromatic nitrogens is 4. The summed E-state index contributed by atoms with van der Waals surface area (Å²) in [6, 6.07) is 1.79. The average molecular weight is 288 g/mol. The predicted molar refractivity (Wildman–Crippen MR) is 61.2 cm³/mol. The molecule has 2 aromatic rings. The third kappa shape index (κ3) is 2.35. The highest BCUT2D eigenvalue weighted by Gasteiger charge is 2.04.